The highest BCUT2D eigenvalue weighted by Gasteiger charge is 2.50. The Labute approximate surface area is 198 Å². The number of fused-ring (bicyclic) bond motifs is 2. The van der Waals surface area contributed by atoms with Gasteiger partial charge in [-0.25, -0.2) is 0 Å². The van der Waals surface area contributed by atoms with Crippen LogP contribution < -0.4 is 9.64 Å². The Kier molecular flexibility index (Phi) is 5.64. The minimum absolute atomic E-state index is 0.260. The van der Waals surface area contributed by atoms with Crippen molar-refractivity contribution >= 4 is 28.2 Å². The molecule has 4 aromatic rings. The number of aryl methyl sites for hydroxylation is 1. The van der Waals surface area contributed by atoms with Crippen molar-refractivity contribution in [1.82, 2.24) is 0 Å². The van der Waals surface area contributed by atoms with Crippen LogP contribution in [0.2, 0.25) is 0 Å². The van der Waals surface area contributed by atoms with Gasteiger partial charge in [-0.3, -0.25) is 9.59 Å². The summed E-state index contributed by atoms with van der Waals surface area (Å²) >= 11 is 0. The largest absolute Gasteiger partial charge is 0.492 e. The first kappa shape index (κ1) is 21.9. The van der Waals surface area contributed by atoms with Crippen LogP contribution in [0.5, 0.6) is 5.75 Å². The Morgan fingerprint density at radius 2 is 1.68 bits per heavy atom. The fraction of sp³-hybridized carbons (Fsp3) is 0.172. The molecule has 0 spiro atoms. The number of carbonyl (C=O) groups is 2. The molecule has 1 amide bonds. The highest BCUT2D eigenvalue weighted by molar-refractivity contribution is 6.11. The molecule has 5 nitrogen and oxygen atoms in total. The van der Waals surface area contributed by atoms with Crippen molar-refractivity contribution < 1.29 is 19.4 Å². The molecule has 34 heavy (non-hydrogen) atoms. The number of hydrogen-bond donors (Lipinski definition) is 1. The Bertz CT molecular complexity index is 1400. The Hall–Kier alpha value is -3.96. The molecule has 0 saturated heterocycles. The average Bonchev–Trinajstić information content (AvgIpc) is 3.05. The van der Waals surface area contributed by atoms with E-state index < -0.39 is 11.5 Å². The second-order valence-electron chi connectivity index (χ2n) is 8.66. The Balaban J connectivity index is 1.37. The van der Waals surface area contributed by atoms with Gasteiger partial charge in [0.15, 0.2) is 11.4 Å². The Morgan fingerprint density at radius 1 is 0.912 bits per heavy atom. The van der Waals surface area contributed by atoms with Crippen LogP contribution >= 0.6 is 0 Å². The standard InChI is InChI=1S/C29H25NO4/c1-20-7-6-10-24(17-20)34-16-15-30-26-12-5-4-11-25(26)29(33,28(30)32)19-27(31)23-14-13-21-8-2-3-9-22(21)18-23/h2-14,17-18,33H,15-16,19H2,1H3. The van der Waals surface area contributed by atoms with E-state index >= 15 is 0 Å². The molecule has 1 atom stereocenters. The van der Waals surface area contributed by atoms with Gasteiger partial charge < -0.3 is 14.7 Å². The van der Waals surface area contributed by atoms with Crippen molar-refractivity contribution in [2.45, 2.75) is 18.9 Å². The van der Waals surface area contributed by atoms with Crippen molar-refractivity contribution in [3.05, 3.63) is 108 Å². The molecular formula is C29H25NO4. The van der Waals surface area contributed by atoms with Gasteiger partial charge in [0, 0.05) is 11.1 Å². The first-order chi connectivity index (χ1) is 16.5. The van der Waals surface area contributed by atoms with Crippen LogP contribution in [0.3, 0.4) is 0 Å². The predicted octanol–water partition coefficient (Wildman–Crippen LogP) is 5.03. The first-order valence-corrected chi connectivity index (χ1v) is 11.3. The van der Waals surface area contributed by atoms with E-state index in [2.05, 4.69) is 0 Å². The highest BCUT2D eigenvalue weighted by atomic mass is 16.5. The quantitative estimate of drug-likeness (QED) is 0.400. The van der Waals surface area contributed by atoms with Crippen LogP contribution in [0.1, 0.15) is 27.9 Å². The first-order valence-electron chi connectivity index (χ1n) is 11.3. The van der Waals surface area contributed by atoms with Gasteiger partial charge in [-0.15, -0.1) is 0 Å². The summed E-state index contributed by atoms with van der Waals surface area (Å²) < 4.78 is 5.83. The SMILES string of the molecule is Cc1cccc(OCCN2C(=O)C(O)(CC(=O)c3ccc4ccccc4c3)c3ccccc32)c1. The fourth-order valence-corrected chi connectivity index (χ4v) is 4.56. The lowest BCUT2D eigenvalue weighted by atomic mass is 9.88. The summed E-state index contributed by atoms with van der Waals surface area (Å²) in [5.74, 6) is -0.0633. The Morgan fingerprint density at radius 3 is 2.50 bits per heavy atom. The van der Waals surface area contributed by atoms with E-state index in [0.717, 1.165) is 22.1 Å². The van der Waals surface area contributed by atoms with Crippen LogP contribution in [0.25, 0.3) is 10.8 Å². The fourth-order valence-electron chi connectivity index (χ4n) is 4.56. The smallest absolute Gasteiger partial charge is 0.264 e. The van der Waals surface area contributed by atoms with Gasteiger partial charge in [0.05, 0.1) is 18.7 Å². The summed E-state index contributed by atoms with van der Waals surface area (Å²) in [4.78, 5) is 28.1. The van der Waals surface area contributed by atoms with Crippen LogP contribution in [-0.4, -0.2) is 29.9 Å². The predicted molar refractivity (Wildman–Crippen MR) is 132 cm³/mol. The lowest BCUT2D eigenvalue weighted by Crippen LogP contribution is -2.43. The van der Waals surface area contributed by atoms with Crippen molar-refractivity contribution in [3.8, 4) is 5.75 Å². The molecule has 1 aliphatic heterocycles. The third kappa shape index (κ3) is 3.95. The summed E-state index contributed by atoms with van der Waals surface area (Å²) in [6, 6.07) is 28.0. The van der Waals surface area contributed by atoms with Crippen LogP contribution in [0.4, 0.5) is 5.69 Å². The number of Topliss-reactive ketones (excluding diaryl/α,β-unsaturated/α-hetero) is 1. The summed E-state index contributed by atoms with van der Waals surface area (Å²) in [5, 5.41) is 13.5. The number of rotatable bonds is 7. The zero-order chi connectivity index (χ0) is 23.7. The van der Waals surface area contributed by atoms with Gasteiger partial charge in [-0.1, -0.05) is 66.7 Å². The second kappa shape index (κ2) is 8.76. The lowest BCUT2D eigenvalue weighted by molar-refractivity contribution is -0.135. The summed E-state index contributed by atoms with van der Waals surface area (Å²) in [6.45, 7) is 2.51. The zero-order valence-electron chi connectivity index (χ0n) is 18.9. The number of amides is 1. The summed E-state index contributed by atoms with van der Waals surface area (Å²) in [7, 11) is 0. The third-order valence-electron chi connectivity index (χ3n) is 6.30. The van der Waals surface area contributed by atoms with Gasteiger partial charge in [0.25, 0.3) is 5.91 Å². The molecule has 1 N–H and O–H groups in total. The number of aliphatic hydroxyl groups is 1. The van der Waals surface area contributed by atoms with Crippen molar-refractivity contribution in [1.29, 1.82) is 0 Å². The molecule has 1 unspecified atom stereocenters. The molecule has 5 rings (SSSR count). The number of carbonyl (C=O) groups excluding carboxylic acids is 2. The zero-order valence-corrected chi connectivity index (χ0v) is 18.9. The van der Waals surface area contributed by atoms with E-state index in [-0.39, 0.29) is 25.4 Å². The average molecular weight is 452 g/mol. The molecule has 0 saturated carbocycles. The van der Waals surface area contributed by atoms with Crippen molar-refractivity contribution in [2.75, 3.05) is 18.1 Å². The number of nitrogens with zero attached hydrogens (tertiary/aromatic N) is 1. The van der Waals surface area contributed by atoms with Gasteiger partial charge in [0.1, 0.15) is 12.4 Å². The molecule has 0 aliphatic carbocycles. The third-order valence-corrected chi connectivity index (χ3v) is 6.30. The van der Waals surface area contributed by atoms with Crippen molar-refractivity contribution in [3.63, 3.8) is 0 Å². The maximum atomic E-state index is 13.4. The van der Waals surface area contributed by atoms with E-state index in [4.69, 9.17) is 4.74 Å². The maximum absolute atomic E-state index is 13.4. The number of benzene rings is 4. The number of ketones is 1. The van der Waals surface area contributed by atoms with Crippen molar-refractivity contribution in [2.24, 2.45) is 0 Å². The van der Waals surface area contributed by atoms with E-state index in [0.29, 0.717) is 16.8 Å². The lowest BCUT2D eigenvalue weighted by Gasteiger charge is -2.23. The molecule has 1 aliphatic rings. The molecule has 1 heterocycles. The van der Waals surface area contributed by atoms with Crippen LogP contribution in [-0.2, 0) is 10.4 Å². The molecule has 0 aromatic heterocycles. The highest BCUT2D eigenvalue weighted by Crippen LogP contribution is 2.42. The topological polar surface area (TPSA) is 66.8 Å². The van der Waals surface area contributed by atoms with Gasteiger partial charge in [-0.2, -0.15) is 0 Å². The van der Waals surface area contributed by atoms with E-state index in [1.54, 1.807) is 30.3 Å². The van der Waals surface area contributed by atoms with Crippen LogP contribution in [0.15, 0.2) is 91.0 Å². The molecule has 170 valence electrons. The van der Waals surface area contributed by atoms with E-state index in [1.807, 2.05) is 67.6 Å². The van der Waals surface area contributed by atoms with Gasteiger partial charge >= 0.3 is 0 Å². The number of para-hydroxylation sites is 1. The summed E-state index contributed by atoms with van der Waals surface area (Å²) in [5.41, 5.74) is 0.696. The maximum Gasteiger partial charge on any atom is 0.264 e. The molecule has 0 radical (unpaired) electrons. The van der Waals surface area contributed by atoms with Gasteiger partial charge in [-0.05, 0) is 47.5 Å². The second-order valence-corrected chi connectivity index (χ2v) is 8.66. The van der Waals surface area contributed by atoms with Gasteiger partial charge in [0.2, 0.25) is 0 Å². The monoisotopic (exact) mass is 451 g/mol. The summed E-state index contributed by atoms with van der Waals surface area (Å²) in [6.07, 6.45) is -0.323. The number of anilines is 1. The molecule has 0 fully saturated rings. The van der Waals surface area contributed by atoms with E-state index in [9.17, 15) is 14.7 Å². The van der Waals surface area contributed by atoms with Crippen LogP contribution in [0, 0.1) is 6.92 Å². The normalized spacial score (nSPS) is 17.1. The minimum Gasteiger partial charge on any atom is -0.492 e. The molecule has 4 aromatic carbocycles. The number of ether oxygens (including phenoxy) is 1. The van der Waals surface area contributed by atoms with E-state index in [1.165, 1.54) is 4.90 Å². The molecular weight excluding hydrogens is 426 g/mol. The minimum atomic E-state index is -1.91. The number of hydrogen-bond acceptors (Lipinski definition) is 4. The molecule has 5 heteroatoms. The molecule has 0 bridgehead atoms.